The van der Waals surface area contributed by atoms with E-state index in [0.717, 1.165) is 25.6 Å². The lowest BCUT2D eigenvalue weighted by Gasteiger charge is -2.37. The average molecular weight is 253 g/mol. The Bertz CT molecular complexity index is 307. The first-order chi connectivity index (χ1) is 8.57. The molecule has 0 spiro atoms. The summed E-state index contributed by atoms with van der Waals surface area (Å²) in [7, 11) is 0. The lowest BCUT2D eigenvalue weighted by molar-refractivity contribution is -0.124. The first-order valence-electron chi connectivity index (χ1n) is 7.36. The predicted octanol–water partition coefficient (Wildman–Crippen LogP) is 1.10. The molecule has 3 unspecified atom stereocenters. The largest absolute Gasteiger partial charge is 0.368 e. The molecule has 4 nitrogen and oxygen atoms in total. The molecule has 3 atom stereocenters. The SMILES string of the molecule is CCNC(C)(CN1CCC2CCCCC21)C(N)=O. The topological polar surface area (TPSA) is 58.4 Å². The van der Waals surface area contributed by atoms with Gasteiger partial charge < -0.3 is 11.1 Å². The number of carbonyl (C=O) groups excluding carboxylic acids is 1. The fourth-order valence-electron chi connectivity index (χ4n) is 3.72. The second-order valence-electron chi connectivity index (χ2n) is 6.10. The van der Waals surface area contributed by atoms with E-state index in [1.54, 1.807) is 0 Å². The van der Waals surface area contributed by atoms with E-state index in [1.165, 1.54) is 32.1 Å². The first-order valence-corrected chi connectivity index (χ1v) is 7.36. The number of likely N-dealkylation sites (tertiary alicyclic amines) is 1. The van der Waals surface area contributed by atoms with E-state index in [9.17, 15) is 4.79 Å². The van der Waals surface area contributed by atoms with Crippen molar-refractivity contribution in [1.82, 2.24) is 10.2 Å². The highest BCUT2D eigenvalue weighted by Crippen LogP contribution is 2.36. The number of carbonyl (C=O) groups is 1. The van der Waals surface area contributed by atoms with Gasteiger partial charge in [0.1, 0.15) is 5.54 Å². The second kappa shape index (κ2) is 5.57. The maximum atomic E-state index is 11.7. The highest BCUT2D eigenvalue weighted by molar-refractivity contribution is 5.84. The molecule has 0 radical (unpaired) electrons. The zero-order chi connectivity index (χ0) is 13.2. The van der Waals surface area contributed by atoms with Gasteiger partial charge in [-0.2, -0.15) is 0 Å². The standard InChI is InChI=1S/C14H27N3O/c1-3-16-14(2,13(15)18)10-17-9-8-11-6-4-5-7-12(11)17/h11-12,16H,3-10H2,1-2H3,(H2,15,18). The summed E-state index contributed by atoms with van der Waals surface area (Å²) < 4.78 is 0. The van der Waals surface area contributed by atoms with Crippen LogP contribution in [0.5, 0.6) is 0 Å². The van der Waals surface area contributed by atoms with Gasteiger partial charge in [-0.1, -0.05) is 19.8 Å². The summed E-state index contributed by atoms with van der Waals surface area (Å²) in [6.07, 6.45) is 6.69. The van der Waals surface area contributed by atoms with Gasteiger partial charge in [0.15, 0.2) is 0 Å². The van der Waals surface area contributed by atoms with Crippen LogP contribution in [-0.2, 0) is 4.79 Å². The number of nitrogens with two attached hydrogens (primary N) is 1. The molecule has 2 rings (SSSR count). The van der Waals surface area contributed by atoms with Gasteiger partial charge in [-0.3, -0.25) is 9.69 Å². The number of hydrogen-bond acceptors (Lipinski definition) is 3. The van der Waals surface area contributed by atoms with Crippen LogP contribution in [0.2, 0.25) is 0 Å². The molecule has 3 N–H and O–H groups in total. The molecule has 1 heterocycles. The molecule has 1 aliphatic carbocycles. The Labute approximate surface area is 110 Å². The molecule has 104 valence electrons. The summed E-state index contributed by atoms with van der Waals surface area (Å²) in [4.78, 5) is 14.2. The Morgan fingerprint density at radius 2 is 2.11 bits per heavy atom. The quantitative estimate of drug-likeness (QED) is 0.771. The molecule has 0 bridgehead atoms. The molecule has 1 saturated carbocycles. The molecule has 1 amide bonds. The second-order valence-corrected chi connectivity index (χ2v) is 6.10. The fourth-order valence-corrected chi connectivity index (χ4v) is 3.72. The summed E-state index contributed by atoms with van der Waals surface area (Å²) in [6.45, 7) is 6.63. The third-order valence-electron chi connectivity index (χ3n) is 4.76. The molecule has 2 fully saturated rings. The molecule has 0 aromatic rings. The van der Waals surface area contributed by atoms with Crippen LogP contribution in [0.1, 0.15) is 46.0 Å². The monoisotopic (exact) mass is 253 g/mol. The molecule has 1 saturated heterocycles. The van der Waals surface area contributed by atoms with E-state index in [4.69, 9.17) is 5.73 Å². The van der Waals surface area contributed by atoms with Gasteiger partial charge in [-0.05, 0) is 45.2 Å². The van der Waals surface area contributed by atoms with Crippen LogP contribution in [0.15, 0.2) is 0 Å². The summed E-state index contributed by atoms with van der Waals surface area (Å²) in [5.74, 6) is 0.626. The minimum absolute atomic E-state index is 0.233. The van der Waals surface area contributed by atoms with E-state index < -0.39 is 5.54 Å². The van der Waals surface area contributed by atoms with Crippen molar-refractivity contribution in [3.8, 4) is 0 Å². The minimum Gasteiger partial charge on any atom is -0.368 e. The molecular weight excluding hydrogens is 226 g/mol. The number of nitrogens with one attached hydrogen (secondary N) is 1. The zero-order valence-corrected chi connectivity index (χ0v) is 11.7. The van der Waals surface area contributed by atoms with Gasteiger partial charge in [0.25, 0.3) is 0 Å². The van der Waals surface area contributed by atoms with E-state index in [1.807, 2.05) is 13.8 Å². The van der Waals surface area contributed by atoms with Gasteiger partial charge >= 0.3 is 0 Å². The van der Waals surface area contributed by atoms with Crippen molar-refractivity contribution in [1.29, 1.82) is 0 Å². The van der Waals surface area contributed by atoms with Crippen molar-refractivity contribution >= 4 is 5.91 Å². The van der Waals surface area contributed by atoms with Crippen molar-refractivity contribution in [3.63, 3.8) is 0 Å². The third kappa shape index (κ3) is 2.69. The molecule has 4 heteroatoms. The number of rotatable bonds is 5. The van der Waals surface area contributed by atoms with Crippen LogP contribution in [0.3, 0.4) is 0 Å². The van der Waals surface area contributed by atoms with E-state index in [0.29, 0.717) is 6.04 Å². The van der Waals surface area contributed by atoms with Crippen molar-refractivity contribution < 1.29 is 4.79 Å². The lowest BCUT2D eigenvalue weighted by Crippen LogP contribution is -2.60. The molecule has 0 aromatic carbocycles. The summed E-state index contributed by atoms with van der Waals surface area (Å²) >= 11 is 0. The highest BCUT2D eigenvalue weighted by Gasteiger charge is 2.40. The smallest absolute Gasteiger partial charge is 0.238 e. The van der Waals surface area contributed by atoms with E-state index >= 15 is 0 Å². The third-order valence-corrected chi connectivity index (χ3v) is 4.76. The number of amides is 1. The number of fused-ring (bicyclic) bond motifs is 1. The minimum atomic E-state index is -0.582. The van der Waals surface area contributed by atoms with Crippen LogP contribution in [0.4, 0.5) is 0 Å². The number of hydrogen-bond donors (Lipinski definition) is 2. The first kappa shape index (κ1) is 13.8. The number of likely N-dealkylation sites (N-methyl/N-ethyl adjacent to an activating group) is 1. The van der Waals surface area contributed by atoms with Gasteiger partial charge in [-0.25, -0.2) is 0 Å². The molecule has 2 aliphatic rings. The summed E-state index contributed by atoms with van der Waals surface area (Å²) in [5, 5.41) is 3.26. The lowest BCUT2D eigenvalue weighted by atomic mass is 9.85. The van der Waals surface area contributed by atoms with E-state index in [2.05, 4.69) is 10.2 Å². The summed E-state index contributed by atoms with van der Waals surface area (Å²) in [5.41, 5.74) is 4.99. The van der Waals surface area contributed by atoms with Crippen LogP contribution in [-0.4, -0.2) is 42.0 Å². The van der Waals surface area contributed by atoms with E-state index in [-0.39, 0.29) is 5.91 Å². The Kier molecular flexibility index (Phi) is 4.28. The predicted molar refractivity (Wildman–Crippen MR) is 73.2 cm³/mol. The van der Waals surface area contributed by atoms with Gasteiger partial charge in [0, 0.05) is 12.6 Å². The molecule has 0 aromatic heterocycles. The molecular formula is C14H27N3O. The Balaban J connectivity index is 2.01. The van der Waals surface area contributed by atoms with Crippen LogP contribution >= 0.6 is 0 Å². The Morgan fingerprint density at radius 1 is 1.39 bits per heavy atom. The highest BCUT2D eigenvalue weighted by atomic mass is 16.1. The Hall–Kier alpha value is -0.610. The van der Waals surface area contributed by atoms with Crippen molar-refractivity contribution in [3.05, 3.63) is 0 Å². The molecule has 18 heavy (non-hydrogen) atoms. The number of primary amides is 1. The maximum absolute atomic E-state index is 11.7. The van der Waals surface area contributed by atoms with Crippen LogP contribution in [0, 0.1) is 5.92 Å². The van der Waals surface area contributed by atoms with Crippen molar-refractivity contribution in [2.75, 3.05) is 19.6 Å². The van der Waals surface area contributed by atoms with Crippen molar-refractivity contribution in [2.24, 2.45) is 11.7 Å². The average Bonchev–Trinajstić information content (AvgIpc) is 2.73. The normalized spacial score (nSPS) is 31.9. The van der Waals surface area contributed by atoms with Gasteiger partial charge in [0.2, 0.25) is 5.91 Å². The van der Waals surface area contributed by atoms with Gasteiger partial charge in [0.05, 0.1) is 0 Å². The fraction of sp³-hybridized carbons (Fsp3) is 0.929. The van der Waals surface area contributed by atoms with Gasteiger partial charge in [-0.15, -0.1) is 0 Å². The van der Waals surface area contributed by atoms with Crippen LogP contribution < -0.4 is 11.1 Å². The van der Waals surface area contributed by atoms with Crippen LogP contribution in [0.25, 0.3) is 0 Å². The zero-order valence-electron chi connectivity index (χ0n) is 11.7. The Morgan fingerprint density at radius 3 is 2.78 bits per heavy atom. The molecule has 1 aliphatic heterocycles. The maximum Gasteiger partial charge on any atom is 0.238 e. The number of nitrogens with zero attached hydrogens (tertiary/aromatic N) is 1. The van der Waals surface area contributed by atoms with Crippen molar-refractivity contribution in [2.45, 2.75) is 57.5 Å². The summed E-state index contributed by atoms with van der Waals surface area (Å²) in [6, 6.07) is 0.691.